The lowest BCUT2D eigenvalue weighted by atomic mass is 9.80. The van der Waals surface area contributed by atoms with Crippen molar-refractivity contribution >= 4 is 0 Å². The minimum absolute atomic E-state index is 0.874. The van der Waals surface area contributed by atoms with Gasteiger partial charge in [0.2, 0.25) is 0 Å². The summed E-state index contributed by atoms with van der Waals surface area (Å²) in [7, 11) is 4.62. The second kappa shape index (κ2) is 14.1. The lowest BCUT2D eigenvalue weighted by Gasteiger charge is -2.46. The first-order valence-electron chi connectivity index (χ1n) is 18.1. The molecule has 0 aromatic carbocycles. The highest BCUT2D eigenvalue weighted by Crippen LogP contribution is 2.51. The van der Waals surface area contributed by atoms with Crippen LogP contribution in [0.5, 0.6) is 0 Å². The number of nitrogens with zero attached hydrogens (tertiary/aromatic N) is 3. The molecule has 232 valence electrons. The Balaban J connectivity index is 0.000000108. The summed E-state index contributed by atoms with van der Waals surface area (Å²) in [4.78, 5) is 7.83. The number of nitrogens with two attached hydrogens (primary N) is 1. The molecular weight excluding hydrogens is 488 g/mol. The fourth-order valence-electron chi connectivity index (χ4n) is 10.9. The molecule has 0 aromatic rings. The normalized spacial score (nSPS) is 48.8. The van der Waals surface area contributed by atoms with Gasteiger partial charge in [-0.1, -0.05) is 34.1 Å². The molecule has 0 radical (unpaired) electrons. The molecule has 7 heterocycles. The summed E-state index contributed by atoms with van der Waals surface area (Å²) >= 11 is 0. The van der Waals surface area contributed by atoms with Gasteiger partial charge >= 0.3 is 0 Å². The largest absolute Gasteiger partial charge is 0.330 e. The molecule has 0 amide bonds. The van der Waals surface area contributed by atoms with Crippen LogP contribution < -0.4 is 5.73 Å². The Labute approximate surface area is 249 Å². The summed E-state index contributed by atoms with van der Waals surface area (Å²) in [5, 5.41) is 0. The lowest BCUT2D eigenvalue weighted by molar-refractivity contribution is 0.0415. The number of piperidine rings is 6. The molecule has 9 fully saturated rings. The van der Waals surface area contributed by atoms with Crippen LogP contribution in [0.1, 0.15) is 118 Å². The summed E-state index contributed by atoms with van der Waals surface area (Å²) < 4.78 is 0. The summed E-state index contributed by atoms with van der Waals surface area (Å²) in [5.74, 6) is 7.91. The number of fused-ring (bicyclic) bond motifs is 9. The number of hydrogen-bond donors (Lipinski definition) is 1. The van der Waals surface area contributed by atoms with E-state index in [0.29, 0.717) is 0 Å². The van der Waals surface area contributed by atoms with Gasteiger partial charge in [0, 0.05) is 30.7 Å². The molecule has 0 aromatic heterocycles. The van der Waals surface area contributed by atoms with Crippen molar-refractivity contribution in [2.24, 2.45) is 53.1 Å². The zero-order valence-electron chi connectivity index (χ0n) is 27.6. The zero-order chi connectivity index (χ0) is 28.4. The van der Waals surface area contributed by atoms with Crippen molar-refractivity contribution in [2.45, 2.75) is 142 Å². The number of hydrogen-bond acceptors (Lipinski definition) is 4. The Kier molecular flexibility index (Phi) is 11.0. The Hall–Kier alpha value is -0.160. The molecule has 8 bridgehead atoms. The van der Waals surface area contributed by atoms with Gasteiger partial charge < -0.3 is 20.4 Å². The van der Waals surface area contributed by atoms with E-state index in [4.69, 9.17) is 5.73 Å². The molecule has 40 heavy (non-hydrogen) atoms. The molecule has 2 saturated carbocycles. The molecular formula is C36H68N4. The number of rotatable bonds is 1. The summed E-state index contributed by atoms with van der Waals surface area (Å²) in [5.41, 5.74) is 5.71. The van der Waals surface area contributed by atoms with E-state index in [9.17, 15) is 0 Å². The molecule has 9 aliphatic rings. The minimum Gasteiger partial charge on any atom is -0.330 e. The average molecular weight is 557 g/mol. The molecule has 9 rings (SSSR count). The first-order valence-corrected chi connectivity index (χ1v) is 18.1. The fourth-order valence-corrected chi connectivity index (χ4v) is 10.9. The maximum absolute atomic E-state index is 5.71. The Bertz CT molecular complexity index is 734. The van der Waals surface area contributed by atoms with E-state index in [0.717, 1.165) is 78.1 Å². The van der Waals surface area contributed by atoms with E-state index in [1.54, 1.807) is 0 Å². The smallest absolute Gasteiger partial charge is 0.00982 e. The minimum atomic E-state index is 0.874. The zero-order valence-corrected chi connectivity index (χ0v) is 27.6. The van der Waals surface area contributed by atoms with Crippen molar-refractivity contribution < 1.29 is 0 Å². The van der Waals surface area contributed by atoms with Gasteiger partial charge in [-0.25, -0.2) is 0 Å². The molecule has 4 heteroatoms. The van der Waals surface area contributed by atoms with Crippen LogP contribution in [-0.4, -0.2) is 79.1 Å². The van der Waals surface area contributed by atoms with E-state index >= 15 is 0 Å². The van der Waals surface area contributed by atoms with Crippen LogP contribution in [0, 0.1) is 47.3 Å². The van der Waals surface area contributed by atoms with Crippen LogP contribution in [0.15, 0.2) is 0 Å². The van der Waals surface area contributed by atoms with Crippen LogP contribution in [0.2, 0.25) is 0 Å². The molecule has 2 aliphatic carbocycles. The van der Waals surface area contributed by atoms with Gasteiger partial charge in [0.25, 0.3) is 0 Å². The van der Waals surface area contributed by atoms with Gasteiger partial charge in [0.05, 0.1) is 0 Å². The van der Waals surface area contributed by atoms with Crippen LogP contribution in [-0.2, 0) is 0 Å². The van der Waals surface area contributed by atoms with Gasteiger partial charge in [0.15, 0.2) is 0 Å². The summed E-state index contributed by atoms with van der Waals surface area (Å²) in [6.07, 6.45) is 20.5. The second-order valence-corrected chi connectivity index (χ2v) is 16.3. The quantitative estimate of drug-likeness (QED) is 0.373. The molecule has 2 N–H and O–H groups in total. The standard InChI is InChI=1S/C10H19N.2C9H17N.C8H15N/c1-8-6-9-4-3-5-10(7-8)11(9)2;1-7-5-8-3-4-9(6-7)10(8)2;1-6-7-2-3-8(4-7)9(6)5-10;1-7-6-9-4-2-8(7)3-5-9/h8-10H,3-7H2,1-2H3;7-9H,3-6H2,1-2H3;6-9H,2-5,10H2,1H3;7-8H,2-6H2,1H3/t;;6-,7?,8?,9?;/m..0./s1. The topological polar surface area (TPSA) is 35.7 Å². The average Bonchev–Trinajstić information content (AvgIpc) is 3.58. The van der Waals surface area contributed by atoms with E-state index in [-0.39, 0.29) is 0 Å². The van der Waals surface area contributed by atoms with Crippen molar-refractivity contribution in [2.75, 3.05) is 40.3 Å². The highest BCUT2D eigenvalue weighted by atomic mass is 15.2. The van der Waals surface area contributed by atoms with Gasteiger partial charge in [0.1, 0.15) is 0 Å². The third-order valence-electron chi connectivity index (χ3n) is 13.7. The van der Waals surface area contributed by atoms with Gasteiger partial charge in [-0.3, -0.25) is 0 Å². The fraction of sp³-hybridized carbons (Fsp3) is 1.00. The maximum atomic E-state index is 5.71. The third-order valence-corrected chi connectivity index (χ3v) is 13.7. The van der Waals surface area contributed by atoms with E-state index in [1.165, 1.54) is 110 Å². The summed E-state index contributed by atoms with van der Waals surface area (Å²) in [6, 6.07) is 3.73. The van der Waals surface area contributed by atoms with Crippen LogP contribution in [0.3, 0.4) is 0 Å². The van der Waals surface area contributed by atoms with Gasteiger partial charge in [-0.2, -0.15) is 0 Å². The molecule has 7 aliphatic heterocycles. The molecule has 0 spiro atoms. The van der Waals surface area contributed by atoms with Crippen molar-refractivity contribution in [1.82, 2.24) is 14.7 Å². The molecule has 9 atom stereocenters. The SMILES string of the molecule is CC1CC2CCC(C1)N2C.CC1CC2CCCC(C1)N2C.CC1CN2CCC1CC2.C[C@H]1C2CCC(C2)C1CN. The first kappa shape index (κ1) is 31.3. The molecule has 4 nitrogen and oxygen atoms in total. The Morgan fingerprint density at radius 3 is 1.43 bits per heavy atom. The van der Waals surface area contributed by atoms with E-state index in [1.807, 2.05) is 0 Å². The van der Waals surface area contributed by atoms with Crippen LogP contribution in [0.4, 0.5) is 0 Å². The maximum Gasteiger partial charge on any atom is 0.00982 e. The van der Waals surface area contributed by atoms with Crippen molar-refractivity contribution in [3.8, 4) is 0 Å². The Morgan fingerprint density at radius 1 is 0.575 bits per heavy atom. The third kappa shape index (κ3) is 7.31. The van der Waals surface area contributed by atoms with Crippen LogP contribution >= 0.6 is 0 Å². The van der Waals surface area contributed by atoms with Crippen molar-refractivity contribution in [3.05, 3.63) is 0 Å². The predicted molar refractivity (Wildman–Crippen MR) is 171 cm³/mol. The van der Waals surface area contributed by atoms with Crippen molar-refractivity contribution in [3.63, 3.8) is 0 Å². The first-order chi connectivity index (χ1) is 19.2. The second-order valence-electron chi connectivity index (χ2n) is 16.3. The van der Waals surface area contributed by atoms with E-state index < -0.39 is 0 Å². The highest BCUT2D eigenvalue weighted by Gasteiger charge is 2.44. The highest BCUT2D eigenvalue weighted by molar-refractivity contribution is 4.95. The summed E-state index contributed by atoms with van der Waals surface area (Å²) in [6.45, 7) is 14.7. The Morgan fingerprint density at radius 2 is 1.07 bits per heavy atom. The van der Waals surface area contributed by atoms with E-state index in [2.05, 4.69) is 56.5 Å². The lowest BCUT2D eigenvalue weighted by Crippen LogP contribution is -2.49. The van der Waals surface area contributed by atoms with Gasteiger partial charge in [-0.15, -0.1) is 0 Å². The van der Waals surface area contributed by atoms with Crippen molar-refractivity contribution in [1.29, 1.82) is 0 Å². The van der Waals surface area contributed by atoms with Crippen LogP contribution in [0.25, 0.3) is 0 Å². The molecule has 8 unspecified atom stereocenters. The van der Waals surface area contributed by atoms with Gasteiger partial charge in [-0.05, 0) is 165 Å². The predicted octanol–water partition coefficient (Wildman–Crippen LogP) is 7.12. The monoisotopic (exact) mass is 557 g/mol. The molecule has 7 saturated heterocycles.